The second-order valence-electron chi connectivity index (χ2n) is 4.82. The number of hydrogen-bond donors (Lipinski definition) is 1. The molecule has 0 aromatic carbocycles. The Kier molecular flexibility index (Phi) is 5.40. The minimum atomic E-state index is -0.870. The number of carboxylic acid groups (broad SMARTS) is 1. The third kappa shape index (κ3) is 3.87. The maximum Gasteiger partial charge on any atom is 0.319 e. The Morgan fingerprint density at radius 1 is 1.28 bits per heavy atom. The molecule has 104 valence electrons. The topological polar surface area (TPSA) is 64.1 Å². The van der Waals surface area contributed by atoms with Crippen molar-refractivity contribution in [2.45, 2.75) is 13.8 Å². The molecule has 0 aliphatic carbocycles. The minimum Gasteiger partial charge on any atom is -0.481 e. The highest BCUT2D eigenvalue weighted by Crippen LogP contribution is 2.06. The first-order valence-corrected chi connectivity index (χ1v) is 6.41. The van der Waals surface area contributed by atoms with Gasteiger partial charge in [0.05, 0.1) is 5.92 Å². The molecule has 1 aliphatic heterocycles. The molecule has 0 aromatic heterocycles. The molecule has 0 aromatic rings. The van der Waals surface area contributed by atoms with Crippen molar-refractivity contribution in [3.8, 4) is 0 Å². The van der Waals surface area contributed by atoms with Crippen molar-refractivity contribution < 1.29 is 14.7 Å². The summed E-state index contributed by atoms with van der Waals surface area (Å²) in [5, 5.41) is 8.83. The first-order valence-electron chi connectivity index (χ1n) is 6.41. The highest BCUT2D eigenvalue weighted by molar-refractivity contribution is 5.76. The fourth-order valence-electron chi connectivity index (χ4n) is 2.06. The third-order valence-electron chi connectivity index (χ3n) is 3.39. The first kappa shape index (κ1) is 14.8. The standard InChI is InChI=1S/C12H23N3O3/c1-4-14-5-7-15(8-6-14)12(18)13(3)9-10(2)11(16)17/h10H,4-9H2,1-3H3,(H,16,17). The van der Waals surface area contributed by atoms with Gasteiger partial charge in [0.1, 0.15) is 0 Å². The molecule has 6 heteroatoms. The van der Waals surface area contributed by atoms with Gasteiger partial charge in [0, 0.05) is 39.8 Å². The Morgan fingerprint density at radius 3 is 2.28 bits per heavy atom. The summed E-state index contributed by atoms with van der Waals surface area (Å²) in [6.07, 6.45) is 0. The van der Waals surface area contributed by atoms with Crippen LogP contribution >= 0.6 is 0 Å². The molecule has 18 heavy (non-hydrogen) atoms. The number of carboxylic acids is 1. The van der Waals surface area contributed by atoms with Crippen LogP contribution in [0.4, 0.5) is 4.79 Å². The van der Waals surface area contributed by atoms with Gasteiger partial charge in [0.25, 0.3) is 0 Å². The summed E-state index contributed by atoms with van der Waals surface area (Å²) in [5.74, 6) is -1.40. The number of piperazine rings is 1. The van der Waals surface area contributed by atoms with Gasteiger partial charge in [-0.05, 0) is 6.54 Å². The van der Waals surface area contributed by atoms with E-state index in [-0.39, 0.29) is 12.6 Å². The zero-order valence-electron chi connectivity index (χ0n) is 11.4. The van der Waals surface area contributed by atoms with Gasteiger partial charge in [-0.2, -0.15) is 0 Å². The average Bonchev–Trinajstić information content (AvgIpc) is 2.37. The molecule has 1 unspecified atom stereocenters. The molecule has 1 atom stereocenters. The van der Waals surface area contributed by atoms with Gasteiger partial charge in [0.2, 0.25) is 0 Å². The van der Waals surface area contributed by atoms with E-state index in [1.54, 1.807) is 18.9 Å². The lowest BCUT2D eigenvalue weighted by molar-refractivity contribution is -0.141. The molecular weight excluding hydrogens is 234 g/mol. The minimum absolute atomic E-state index is 0.0705. The van der Waals surface area contributed by atoms with E-state index in [4.69, 9.17) is 5.11 Å². The summed E-state index contributed by atoms with van der Waals surface area (Å²) in [6, 6.07) is -0.0705. The summed E-state index contributed by atoms with van der Waals surface area (Å²) in [5.41, 5.74) is 0. The van der Waals surface area contributed by atoms with Crippen molar-refractivity contribution in [2.24, 2.45) is 5.92 Å². The number of likely N-dealkylation sites (N-methyl/N-ethyl adjacent to an activating group) is 1. The van der Waals surface area contributed by atoms with E-state index in [0.717, 1.165) is 32.7 Å². The van der Waals surface area contributed by atoms with Crippen molar-refractivity contribution in [1.29, 1.82) is 0 Å². The summed E-state index contributed by atoms with van der Waals surface area (Å²) in [4.78, 5) is 28.4. The SMILES string of the molecule is CCN1CCN(C(=O)N(C)CC(C)C(=O)O)CC1. The van der Waals surface area contributed by atoms with Gasteiger partial charge in [0.15, 0.2) is 0 Å². The molecule has 6 nitrogen and oxygen atoms in total. The van der Waals surface area contributed by atoms with E-state index in [1.165, 1.54) is 4.90 Å². The number of urea groups is 1. The Morgan fingerprint density at radius 2 is 1.83 bits per heavy atom. The Bertz CT molecular complexity index is 301. The highest BCUT2D eigenvalue weighted by atomic mass is 16.4. The van der Waals surface area contributed by atoms with Crippen LogP contribution in [0.1, 0.15) is 13.8 Å². The lowest BCUT2D eigenvalue weighted by Gasteiger charge is -2.36. The fraction of sp³-hybridized carbons (Fsp3) is 0.833. The quantitative estimate of drug-likeness (QED) is 0.791. The second-order valence-corrected chi connectivity index (χ2v) is 4.82. The molecule has 1 N–H and O–H groups in total. The van der Waals surface area contributed by atoms with Crippen molar-refractivity contribution in [1.82, 2.24) is 14.7 Å². The molecule has 0 saturated carbocycles. The molecule has 1 heterocycles. The Labute approximate surface area is 108 Å². The van der Waals surface area contributed by atoms with Crippen LogP contribution in [0.3, 0.4) is 0 Å². The summed E-state index contributed by atoms with van der Waals surface area (Å²) < 4.78 is 0. The maximum absolute atomic E-state index is 12.1. The highest BCUT2D eigenvalue weighted by Gasteiger charge is 2.24. The van der Waals surface area contributed by atoms with Crippen LogP contribution < -0.4 is 0 Å². The smallest absolute Gasteiger partial charge is 0.319 e. The number of hydrogen-bond acceptors (Lipinski definition) is 3. The zero-order chi connectivity index (χ0) is 13.7. The molecule has 1 saturated heterocycles. The van der Waals surface area contributed by atoms with E-state index >= 15 is 0 Å². The number of nitrogens with zero attached hydrogens (tertiary/aromatic N) is 3. The van der Waals surface area contributed by atoms with Gasteiger partial charge >= 0.3 is 12.0 Å². The molecule has 0 spiro atoms. The summed E-state index contributed by atoms with van der Waals surface area (Å²) in [7, 11) is 1.66. The van der Waals surface area contributed by atoms with E-state index in [0.29, 0.717) is 0 Å². The van der Waals surface area contributed by atoms with Crippen LogP contribution in [0, 0.1) is 5.92 Å². The predicted octanol–water partition coefficient (Wildman–Crippen LogP) is 0.396. The third-order valence-corrected chi connectivity index (χ3v) is 3.39. The van der Waals surface area contributed by atoms with E-state index in [9.17, 15) is 9.59 Å². The largest absolute Gasteiger partial charge is 0.481 e. The maximum atomic E-state index is 12.1. The van der Waals surface area contributed by atoms with E-state index in [1.807, 2.05) is 0 Å². The second kappa shape index (κ2) is 6.58. The lowest BCUT2D eigenvalue weighted by Crippen LogP contribution is -2.52. The zero-order valence-corrected chi connectivity index (χ0v) is 11.4. The van der Waals surface area contributed by atoms with E-state index < -0.39 is 11.9 Å². The summed E-state index contributed by atoms with van der Waals surface area (Å²) in [6.45, 7) is 8.21. The molecule has 1 fully saturated rings. The average molecular weight is 257 g/mol. The number of rotatable bonds is 4. The lowest BCUT2D eigenvalue weighted by atomic mass is 10.2. The van der Waals surface area contributed by atoms with Gasteiger partial charge < -0.3 is 19.8 Å². The number of aliphatic carboxylic acids is 1. The Balaban J connectivity index is 2.42. The monoisotopic (exact) mass is 257 g/mol. The van der Waals surface area contributed by atoms with Crippen LogP contribution in [0.25, 0.3) is 0 Å². The molecule has 0 radical (unpaired) electrons. The molecule has 1 aliphatic rings. The number of amides is 2. The van der Waals surface area contributed by atoms with Gasteiger partial charge in [-0.1, -0.05) is 13.8 Å². The van der Waals surface area contributed by atoms with Gasteiger partial charge in [-0.25, -0.2) is 4.79 Å². The van der Waals surface area contributed by atoms with Crippen molar-refractivity contribution >= 4 is 12.0 Å². The Hall–Kier alpha value is -1.30. The molecule has 2 amide bonds. The van der Waals surface area contributed by atoms with Crippen molar-refractivity contribution in [2.75, 3.05) is 46.3 Å². The van der Waals surface area contributed by atoms with Gasteiger partial charge in [-0.15, -0.1) is 0 Å². The van der Waals surface area contributed by atoms with Crippen LogP contribution in [-0.4, -0.2) is 78.1 Å². The molecular formula is C12H23N3O3. The normalized spacial score (nSPS) is 18.5. The van der Waals surface area contributed by atoms with Crippen molar-refractivity contribution in [3.05, 3.63) is 0 Å². The first-order chi connectivity index (χ1) is 8.45. The van der Waals surface area contributed by atoms with Crippen LogP contribution in [0.2, 0.25) is 0 Å². The number of carbonyl (C=O) groups excluding carboxylic acids is 1. The van der Waals surface area contributed by atoms with E-state index in [2.05, 4.69) is 11.8 Å². The van der Waals surface area contributed by atoms with Crippen LogP contribution in [-0.2, 0) is 4.79 Å². The van der Waals surface area contributed by atoms with Crippen LogP contribution in [0.5, 0.6) is 0 Å². The molecule has 0 bridgehead atoms. The fourth-order valence-corrected chi connectivity index (χ4v) is 2.06. The predicted molar refractivity (Wildman–Crippen MR) is 68.5 cm³/mol. The van der Waals surface area contributed by atoms with Crippen molar-refractivity contribution in [3.63, 3.8) is 0 Å². The van der Waals surface area contributed by atoms with Gasteiger partial charge in [-0.3, -0.25) is 4.79 Å². The number of carbonyl (C=O) groups is 2. The van der Waals surface area contributed by atoms with Crippen LogP contribution in [0.15, 0.2) is 0 Å². The summed E-state index contributed by atoms with van der Waals surface area (Å²) >= 11 is 0. The molecule has 1 rings (SSSR count).